The first kappa shape index (κ1) is 13.3. The number of aryl methyl sites for hydroxylation is 1. The number of Topliss-reactive ketones (excluding diaryl/α,β-unsaturated/α-hetero) is 1. The Bertz CT molecular complexity index is 407. The minimum Gasteiger partial charge on any atom is -0.370 e. The van der Waals surface area contributed by atoms with E-state index in [-0.39, 0.29) is 11.9 Å². The summed E-state index contributed by atoms with van der Waals surface area (Å²) in [7, 11) is 0. The average Bonchev–Trinajstić information content (AvgIpc) is 3.20. The highest BCUT2D eigenvalue weighted by atomic mass is 16.5. The fraction of sp³-hybridized carbons (Fsp3) is 0.562. The molecule has 1 unspecified atom stereocenters. The summed E-state index contributed by atoms with van der Waals surface area (Å²) in [5.74, 6) is 0.615. The number of hydrogen-bond acceptors (Lipinski definition) is 2. The number of ketones is 1. The van der Waals surface area contributed by atoms with Crippen LogP contribution in [0.25, 0.3) is 0 Å². The van der Waals surface area contributed by atoms with Gasteiger partial charge in [0, 0.05) is 12.2 Å². The normalized spacial score (nSPS) is 16.6. The van der Waals surface area contributed by atoms with E-state index in [0.29, 0.717) is 12.5 Å². The lowest BCUT2D eigenvalue weighted by atomic mass is 9.99. The van der Waals surface area contributed by atoms with Crippen LogP contribution in [0.4, 0.5) is 0 Å². The molecular formula is C16H22O2. The number of carbonyl (C=O) groups is 1. The molecule has 0 radical (unpaired) electrons. The number of carbonyl (C=O) groups excluding carboxylic acids is 1. The zero-order chi connectivity index (χ0) is 13.0. The lowest BCUT2D eigenvalue weighted by molar-refractivity contribution is 0.0374. The second-order valence-corrected chi connectivity index (χ2v) is 5.03. The van der Waals surface area contributed by atoms with Gasteiger partial charge in [0.05, 0.1) is 0 Å². The molecule has 0 heterocycles. The predicted octanol–water partition coefficient (Wildman–Crippen LogP) is 3.64. The molecule has 2 rings (SSSR count). The first-order valence-electron chi connectivity index (χ1n) is 7.01. The molecule has 0 aliphatic heterocycles. The highest BCUT2D eigenvalue weighted by molar-refractivity contribution is 6.00. The van der Waals surface area contributed by atoms with Gasteiger partial charge in [-0.15, -0.1) is 0 Å². The summed E-state index contributed by atoms with van der Waals surface area (Å²) in [5.41, 5.74) is 2.06. The van der Waals surface area contributed by atoms with Gasteiger partial charge >= 0.3 is 0 Å². The van der Waals surface area contributed by atoms with Crippen molar-refractivity contribution < 1.29 is 9.53 Å². The Balaban J connectivity index is 2.13. The van der Waals surface area contributed by atoms with E-state index in [2.05, 4.69) is 13.0 Å². The summed E-state index contributed by atoms with van der Waals surface area (Å²) in [5, 5.41) is 0. The van der Waals surface area contributed by atoms with Crippen molar-refractivity contribution in [3.8, 4) is 0 Å². The molecule has 98 valence electrons. The molecule has 1 saturated carbocycles. The maximum absolute atomic E-state index is 12.4. The van der Waals surface area contributed by atoms with Crippen LogP contribution in [0, 0.1) is 5.92 Å². The standard InChI is InChI=1S/C16H22O2/c1-3-6-12-7-5-8-14(11-12)15(17)16(18-4-2)13-9-10-13/h5,7-8,11,13,16H,3-4,6,9-10H2,1-2H3. The fourth-order valence-corrected chi connectivity index (χ4v) is 2.34. The minimum absolute atomic E-state index is 0.164. The Hall–Kier alpha value is -1.15. The van der Waals surface area contributed by atoms with Gasteiger partial charge in [0.25, 0.3) is 0 Å². The number of benzene rings is 1. The zero-order valence-corrected chi connectivity index (χ0v) is 11.3. The summed E-state index contributed by atoms with van der Waals surface area (Å²) in [4.78, 5) is 12.4. The molecule has 1 aliphatic carbocycles. The average molecular weight is 246 g/mol. The predicted molar refractivity (Wildman–Crippen MR) is 72.9 cm³/mol. The molecule has 0 N–H and O–H groups in total. The maximum atomic E-state index is 12.4. The second kappa shape index (κ2) is 6.14. The largest absolute Gasteiger partial charge is 0.370 e. The molecule has 0 amide bonds. The molecular weight excluding hydrogens is 224 g/mol. The summed E-state index contributed by atoms with van der Waals surface area (Å²) in [6.07, 6.45) is 4.18. The Morgan fingerprint density at radius 3 is 2.78 bits per heavy atom. The van der Waals surface area contributed by atoms with Crippen molar-refractivity contribution >= 4 is 5.78 Å². The molecule has 1 atom stereocenters. The van der Waals surface area contributed by atoms with Crippen LogP contribution in [0.5, 0.6) is 0 Å². The van der Waals surface area contributed by atoms with Crippen molar-refractivity contribution in [2.75, 3.05) is 6.61 Å². The van der Waals surface area contributed by atoms with E-state index in [1.54, 1.807) is 0 Å². The molecule has 0 aromatic heterocycles. The van der Waals surface area contributed by atoms with Gasteiger partial charge in [0.15, 0.2) is 5.78 Å². The van der Waals surface area contributed by atoms with Gasteiger partial charge in [0.1, 0.15) is 6.10 Å². The third kappa shape index (κ3) is 3.20. The Morgan fingerprint density at radius 2 is 2.17 bits per heavy atom. The molecule has 2 nitrogen and oxygen atoms in total. The minimum atomic E-state index is -0.216. The molecule has 1 aliphatic rings. The van der Waals surface area contributed by atoms with E-state index in [4.69, 9.17) is 4.74 Å². The highest BCUT2D eigenvalue weighted by Gasteiger charge is 2.37. The SMILES string of the molecule is CCCc1cccc(C(=O)C(OCC)C2CC2)c1. The van der Waals surface area contributed by atoms with Crippen LogP contribution in [-0.4, -0.2) is 18.5 Å². The van der Waals surface area contributed by atoms with Crippen molar-refractivity contribution in [2.24, 2.45) is 5.92 Å². The molecule has 0 saturated heterocycles. The van der Waals surface area contributed by atoms with Gasteiger partial charge in [0.2, 0.25) is 0 Å². The molecule has 0 spiro atoms. The third-order valence-electron chi connectivity index (χ3n) is 3.40. The van der Waals surface area contributed by atoms with Crippen LogP contribution >= 0.6 is 0 Å². The van der Waals surface area contributed by atoms with Crippen molar-refractivity contribution in [1.29, 1.82) is 0 Å². The highest BCUT2D eigenvalue weighted by Crippen LogP contribution is 2.35. The van der Waals surface area contributed by atoms with E-state index in [1.807, 2.05) is 25.1 Å². The summed E-state index contributed by atoms with van der Waals surface area (Å²) in [6.45, 7) is 4.72. The first-order valence-corrected chi connectivity index (χ1v) is 7.01. The van der Waals surface area contributed by atoms with Crippen molar-refractivity contribution in [1.82, 2.24) is 0 Å². The lowest BCUT2D eigenvalue weighted by Crippen LogP contribution is -2.26. The maximum Gasteiger partial charge on any atom is 0.191 e. The Morgan fingerprint density at radius 1 is 1.39 bits per heavy atom. The van der Waals surface area contributed by atoms with E-state index in [0.717, 1.165) is 31.2 Å². The molecule has 2 heteroatoms. The van der Waals surface area contributed by atoms with Gasteiger partial charge in [-0.3, -0.25) is 4.79 Å². The number of hydrogen-bond donors (Lipinski definition) is 0. The quantitative estimate of drug-likeness (QED) is 0.687. The van der Waals surface area contributed by atoms with Gasteiger partial charge < -0.3 is 4.74 Å². The van der Waals surface area contributed by atoms with Crippen LogP contribution in [0.15, 0.2) is 24.3 Å². The van der Waals surface area contributed by atoms with Crippen molar-refractivity contribution in [3.05, 3.63) is 35.4 Å². The zero-order valence-electron chi connectivity index (χ0n) is 11.3. The van der Waals surface area contributed by atoms with E-state index in [9.17, 15) is 4.79 Å². The van der Waals surface area contributed by atoms with Gasteiger partial charge in [-0.1, -0.05) is 31.5 Å². The Labute approximate surface area is 109 Å². The summed E-state index contributed by atoms with van der Waals surface area (Å²) < 4.78 is 5.63. The fourth-order valence-electron chi connectivity index (χ4n) is 2.34. The van der Waals surface area contributed by atoms with E-state index < -0.39 is 0 Å². The van der Waals surface area contributed by atoms with Gasteiger partial charge in [-0.25, -0.2) is 0 Å². The first-order chi connectivity index (χ1) is 8.76. The number of ether oxygens (including phenoxy) is 1. The second-order valence-electron chi connectivity index (χ2n) is 5.03. The monoisotopic (exact) mass is 246 g/mol. The Kier molecular flexibility index (Phi) is 4.54. The summed E-state index contributed by atoms with van der Waals surface area (Å²) >= 11 is 0. The van der Waals surface area contributed by atoms with E-state index in [1.165, 1.54) is 5.56 Å². The van der Waals surface area contributed by atoms with Crippen LogP contribution in [0.2, 0.25) is 0 Å². The molecule has 1 aromatic carbocycles. The summed E-state index contributed by atoms with van der Waals surface area (Å²) in [6, 6.07) is 8.01. The van der Waals surface area contributed by atoms with Crippen molar-refractivity contribution in [3.63, 3.8) is 0 Å². The van der Waals surface area contributed by atoms with Crippen LogP contribution in [0.1, 0.15) is 49.0 Å². The number of rotatable bonds is 7. The van der Waals surface area contributed by atoms with Crippen molar-refractivity contribution in [2.45, 2.75) is 45.6 Å². The van der Waals surface area contributed by atoms with Crippen LogP contribution in [0.3, 0.4) is 0 Å². The topological polar surface area (TPSA) is 26.3 Å². The molecule has 1 fully saturated rings. The lowest BCUT2D eigenvalue weighted by Gasteiger charge is -2.15. The van der Waals surface area contributed by atoms with Gasteiger partial charge in [-0.05, 0) is 43.7 Å². The molecule has 1 aromatic rings. The van der Waals surface area contributed by atoms with Crippen LogP contribution < -0.4 is 0 Å². The third-order valence-corrected chi connectivity index (χ3v) is 3.40. The van der Waals surface area contributed by atoms with E-state index >= 15 is 0 Å². The molecule has 18 heavy (non-hydrogen) atoms. The van der Waals surface area contributed by atoms with Gasteiger partial charge in [-0.2, -0.15) is 0 Å². The van der Waals surface area contributed by atoms with Crippen LogP contribution in [-0.2, 0) is 11.2 Å². The molecule has 0 bridgehead atoms. The smallest absolute Gasteiger partial charge is 0.191 e.